The standard InChI is InChI=1S/C23H33BF2N2O5/c1-20(2,3)31-19(30)27-17(22(5,25)26)18(29)28-8-6-7-14(28)24-32-15-12-9-11-10-13-21(4,33-24)16(15)23(11,12)13/h11-17H,6-10H2,1-5H3,(H,27,30)/t11?,12?,13?,14?,15?,16?,17-,21+,23?/m1/s1. The Balaban J connectivity index is 1.19. The molecule has 2 saturated heterocycles. The molecule has 0 bridgehead atoms. The summed E-state index contributed by atoms with van der Waals surface area (Å²) in [6.07, 6.45) is 2.85. The minimum absolute atomic E-state index is 0.155. The van der Waals surface area contributed by atoms with Crippen molar-refractivity contribution in [3.63, 3.8) is 0 Å². The molecule has 1 N–H and O–H groups in total. The number of rotatable bonds is 4. The third-order valence-electron chi connectivity index (χ3n) is 9.56. The maximum Gasteiger partial charge on any atom is 0.481 e. The normalized spacial score (nSPS) is 45.4. The fourth-order valence-corrected chi connectivity index (χ4v) is 8.50. The summed E-state index contributed by atoms with van der Waals surface area (Å²) in [7, 11) is -0.617. The van der Waals surface area contributed by atoms with Gasteiger partial charge in [-0.2, -0.15) is 0 Å². The van der Waals surface area contributed by atoms with Crippen molar-refractivity contribution in [2.24, 2.45) is 29.1 Å². The smallest absolute Gasteiger partial charge is 0.444 e. The highest BCUT2D eigenvalue weighted by Gasteiger charge is 2.94. The molecule has 2 aliphatic heterocycles. The third-order valence-corrected chi connectivity index (χ3v) is 9.56. The highest BCUT2D eigenvalue weighted by Crippen LogP contribution is 2.92. The lowest BCUT2D eigenvalue weighted by Crippen LogP contribution is -2.97. The Kier molecular flexibility index (Phi) is 4.29. The zero-order chi connectivity index (χ0) is 23.7. The van der Waals surface area contributed by atoms with Crippen molar-refractivity contribution in [3.05, 3.63) is 0 Å². The molecular formula is C23H33BF2N2O5. The average Bonchev–Trinajstić information content (AvgIpc) is 3.12. The average molecular weight is 466 g/mol. The summed E-state index contributed by atoms with van der Waals surface area (Å²) in [4.78, 5) is 27.0. The van der Waals surface area contributed by atoms with Crippen molar-refractivity contribution in [2.45, 2.75) is 95.5 Å². The van der Waals surface area contributed by atoms with Crippen LogP contribution in [-0.2, 0) is 18.8 Å². The molecule has 6 aliphatic rings. The van der Waals surface area contributed by atoms with E-state index in [9.17, 15) is 18.4 Å². The van der Waals surface area contributed by atoms with Crippen LogP contribution in [0.2, 0.25) is 0 Å². The summed E-state index contributed by atoms with van der Waals surface area (Å²) in [6, 6.07) is -2.01. The molecule has 6 fully saturated rings. The second kappa shape index (κ2) is 6.42. The zero-order valence-corrected chi connectivity index (χ0v) is 19.9. The van der Waals surface area contributed by atoms with Crippen molar-refractivity contribution in [1.29, 1.82) is 0 Å². The largest absolute Gasteiger partial charge is 0.481 e. The first-order chi connectivity index (χ1) is 15.3. The van der Waals surface area contributed by atoms with Crippen LogP contribution in [0.15, 0.2) is 0 Å². The third kappa shape index (κ3) is 2.68. The van der Waals surface area contributed by atoms with E-state index in [0.717, 1.165) is 5.92 Å². The molecule has 4 saturated carbocycles. The van der Waals surface area contributed by atoms with E-state index in [2.05, 4.69) is 12.2 Å². The predicted molar refractivity (Wildman–Crippen MR) is 114 cm³/mol. The molecule has 2 amide bonds. The van der Waals surface area contributed by atoms with Crippen molar-refractivity contribution in [1.82, 2.24) is 10.2 Å². The predicted octanol–water partition coefficient (Wildman–Crippen LogP) is 3.01. The lowest BCUT2D eigenvalue weighted by atomic mass is 9.13. The molecule has 0 aromatic carbocycles. The van der Waals surface area contributed by atoms with Crippen LogP contribution in [0.3, 0.4) is 0 Å². The number of fused-ring (bicyclic) bond motifs is 2. The van der Waals surface area contributed by atoms with E-state index in [1.165, 1.54) is 17.7 Å². The number of hydrogen-bond acceptors (Lipinski definition) is 5. The number of nitrogens with one attached hydrogen (secondary N) is 1. The van der Waals surface area contributed by atoms with E-state index in [-0.39, 0.29) is 11.7 Å². The first-order valence-corrected chi connectivity index (χ1v) is 12.3. The molecule has 0 radical (unpaired) electrons. The van der Waals surface area contributed by atoms with E-state index < -0.39 is 42.6 Å². The molecule has 6 rings (SSSR count). The Morgan fingerprint density at radius 2 is 1.97 bits per heavy atom. The molecule has 10 heteroatoms. The summed E-state index contributed by atoms with van der Waals surface area (Å²) in [5.74, 6) is -2.28. The molecule has 182 valence electrons. The van der Waals surface area contributed by atoms with Gasteiger partial charge in [0.2, 0.25) is 0 Å². The number of alkyl carbamates (subject to hydrolysis) is 1. The molecule has 0 aromatic heterocycles. The summed E-state index contributed by atoms with van der Waals surface area (Å²) in [5.41, 5.74) is -0.640. The summed E-state index contributed by atoms with van der Waals surface area (Å²) in [5, 5.41) is 2.12. The first-order valence-electron chi connectivity index (χ1n) is 12.3. The molecule has 1 spiro atoms. The minimum Gasteiger partial charge on any atom is -0.444 e. The van der Waals surface area contributed by atoms with E-state index in [0.29, 0.717) is 49.5 Å². The number of nitrogens with zero attached hydrogens (tertiary/aromatic N) is 1. The Morgan fingerprint density at radius 1 is 1.24 bits per heavy atom. The van der Waals surface area contributed by atoms with Crippen molar-refractivity contribution < 1.29 is 32.4 Å². The number of ether oxygens (including phenoxy) is 1. The fourth-order valence-electron chi connectivity index (χ4n) is 8.50. The van der Waals surface area contributed by atoms with Crippen LogP contribution in [0.25, 0.3) is 0 Å². The number of carbonyl (C=O) groups excluding carboxylic acids is 2. The highest BCUT2D eigenvalue weighted by atomic mass is 19.3. The quantitative estimate of drug-likeness (QED) is 0.645. The van der Waals surface area contributed by atoms with Gasteiger partial charge in [0.15, 0.2) is 6.04 Å². The number of likely N-dealkylation sites (tertiary alicyclic amines) is 1. The van der Waals surface area contributed by atoms with Gasteiger partial charge in [0.05, 0.1) is 17.6 Å². The van der Waals surface area contributed by atoms with E-state index in [1.54, 1.807) is 20.8 Å². The molecule has 33 heavy (non-hydrogen) atoms. The Bertz CT molecular complexity index is 908. The van der Waals surface area contributed by atoms with Gasteiger partial charge in [-0.25, -0.2) is 13.6 Å². The molecule has 4 aliphatic carbocycles. The van der Waals surface area contributed by atoms with Gasteiger partial charge >= 0.3 is 13.2 Å². The molecule has 7 unspecified atom stereocenters. The van der Waals surface area contributed by atoms with Crippen molar-refractivity contribution >= 4 is 19.1 Å². The van der Waals surface area contributed by atoms with Gasteiger partial charge < -0.3 is 24.3 Å². The second-order valence-corrected chi connectivity index (χ2v) is 12.4. The number of halogens is 2. The van der Waals surface area contributed by atoms with Gasteiger partial charge in [0, 0.05) is 19.4 Å². The van der Waals surface area contributed by atoms with E-state index >= 15 is 0 Å². The van der Waals surface area contributed by atoms with Crippen LogP contribution >= 0.6 is 0 Å². The van der Waals surface area contributed by atoms with Crippen LogP contribution in [0.4, 0.5) is 13.6 Å². The van der Waals surface area contributed by atoms with Gasteiger partial charge in [-0.1, -0.05) is 0 Å². The molecule has 0 aromatic rings. The van der Waals surface area contributed by atoms with Crippen LogP contribution in [0.5, 0.6) is 0 Å². The Hall–Kier alpha value is -1.42. The van der Waals surface area contributed by atoms with Crippen LogP contribution in [-0.4, -0.2) is 65.8 Å². The van der Waals surface area contributed by atoms with Crippen LogP contribution < -0.4 is 5.32 Å². The minimum atomic E-state index is -3.46. The number of carbonyl (C=O) groups is 2. The maximum atomic E-state index is 14.5. The van der Waals surface area contributed by atoms with Crippen LogP contribution in [0.1, 0.15) is 60.3 Å². The summed E-state index contributed by atoms with van der Waals surface area (Å²) < 4.78 is 47.0. The lowest BCUT2D eigenvalue weighted by molar-refractivity contribution is -0.498. The summed E-state index contributed by atoms with van der Waals surface area (Å²) in [6.45, 7) is 8.06. The first kappa shape index (κ1) is 22.1. The Morgan fingerprint density at radius 3 is 2.61 bits per heavy atom. The number of hydrogen-bond donors (Lipinski definition) is 1. The Labute approximate surface area is 193 Å². The van der Waals surface area contributed by atoms with Gasteiger partial charge in [-0.15, -0.1) is 0 Å². The highest BCUT2D eigenvalue weighted by molar-refractivity contribution is 6.47. The van der Waals surface area contributed by atoms with Crippen molar-refractivity contribution in [2.75, 3.05) is 6.54 Å². The topological polar surface area (TPSA) is 77.1 Å². The number of amides is 2. The van der Waals surface area contributed by atoms with Crippen molar-refractivity contribution in [3.8, 4) is 0 Å². The molecule has 2 heterocycles. The molecule has 9 atom stereocenters. The van der Waals surface area contributed by atoms with Gasteiger partial charge in [-0.05, 0) is 76.5 Å². The SMILES string of the molecule is CC(C)(C)OC(=O)N[C@H](C(=O)N1CCCC1B1OC2C3CC4CC5C43C2[C@@]5(C)O1)C(C)(F)F. The van der Waals surface area contributed by atoms with Gasteiger partial charge in [-0.3, -0.25) is 4.79 Å². The lowest BCUT2D eigenvalue weighted by Gasteiger charge is -2.94. The van der Waals surface area contributed by atoms with E-state index in [1.807, 2.05) is 0 Å². The zero-order valence-electron chi connectivity index (χ0n) is 19.9. The van der Waals surface area contributed by atoms with Gasteiger partial charge in [0.1, 0.15) is 5.60 Å². The maximum absolute atomic E-state index is 14.5. The monoisotopic (exact) mass is 466 g/mol. The summed E-state index contributed by atoms with van der Waals surface area (Å²) >= 11 is 0. The van der Waals surface area contributed by atoms with E-state index in [4.69, 9.17) is 14.0 Å². The fraction of sp³-hybridized carbons (Fsp3) is 0.913. The van der Waals surface area contributed by atoms with Crippen LogP contribution in [0, 0.1) is 29.1 Å². The molecular weight excluding hydrogens is 433 g/mol. The molecule has 7 nitrogen and oxygen atoms in total. The second-order valence-electron chi connectivity index (χ2n) is 12.4. The number of alkyl halides is 2. The van der Waals surface area contributed by atoms with Gasteiger partial charge in [0.25, 0.3) is 11.8 Å².